The maximum atomic E-state index is 13.1. The van der Waals surface area contributed by atoms with Crippen LogP contribution in [0.1, 0.15) is 19.3 Å². The van der Waals surface area contributed by atoms with Gasteiger partial charge in [-0.2, -0.15) is 0 Å². The van der Waals surface area contributed by atoms with Crippen molar-refractivity contribution >= 4 is 17.6 Å². The molecule has 0 aromatic heterocycles. The van der Waals surface area contributed by atoms with Crippen LogP contribution in [0, 0.1) is 17.6 Å². The molecule has 128 valence electrons. The van der Waals surface area contributed by atoms with Crippen LogP contribution in [0.25, 0.3) is 0 Å². The second kappa shape index (κ2) is 5.41. The normalized spacial score (nSPS) is 22.0. The summed E-state index contributed by atoms with van der Waals surface area (Å²) in [5.74, 6) is -1.03. The number of carbonyl (C=O) groups excluding carboxylic acids is 2. The number of hydrogen-bond acceptors (Lipinski definition) is 3. The number of urea groups is 1. The molecule has 3 aliphatic rings. The summed E-state index contributed by atoms with van der Waals surface area (Å²) in [6.45, 7) is 1.18. The molecule has 3 fully saturated rings. The van der Waals surface area contributed by atoms with Crippen molar-refractivity contribution in [3.05, 3.63) is 29.8 Å². The van der Waals surface area contributed by atoms with E-state index in [0.29, 0.717) is 12.5 Å². The largest absolute Gasteiger partial charge is 0.322 e. The van der Waals surface area contributed by atoms with Gasteiger partial charge in [0.25, 0.3) is 0 Å². The Labute approximate surface area is 137 Å². The smallest absolute Gasteiger partial charge is 0.318 e. The second-order valence-corrected chi connectivity index (χ2v) is 6.79. The number of benzene rings is 1. The molecule has 0 bridgehead atoms. The minimum absolute atomic E-state index is 0.0471. The second-order valence-electron chi connectivity index (χ2n) is 6.79. The molecule has 1 aromatic carbocycles. The Kier molecular flexibility index (Phi) is 3.45. The molecule has 1 saturated carbocycles. The monoisotopic (exact) mass is 337 g/mol. The molecule has 1 N–H and O–H groups in total. The first-order valence-corrected chi connectivity index (χ1v) is 7.94. The van der Waals surface area contributed by atoms with E-state index in [1.54, 1.807) is 0 Å². The van der Waals surface area contributed by atoms with Crippen LogP contribution in [0.15, 0.2) is 18.2 Å². The molecule has 3 amide bonds. The zero-order valence-corrected chi connectivity index (χ0v) is 12.9. The molecule has 1 spiro atoms. The molecule has 6 nitrogen and oxygen atoms in total. The van der Waals surface area contributed by atoms with Crippen molar-refractivity contribution in [3.63, 3.8) is 0 Å². The number of anilines is 1. The summed E-state index contributed by atoms with van der Waals surface area (Å²) in [5, 5.41) is 3.87. The fourth-order valence-electron chi connectivity index (χ4n) is 3.15. The molecule has 2 aliphatic heterocycles. The minimum atomic E-state index is -0.758. The first kappa shape index (κ1) is 15.3. The Morgan fingerprint density at radius 3 is 2.54 bits per heavy atom. The Balaban J connectivity index is 1.33. The number of carbonyl (C=O) groups is 2. The van der Waals surface area contributed by atoms with Crippen LogP contribution in [0.4, 0.5) is 19.3 Å². The Bertz CT molecular complexity index is 682. The van der Waals surface area contributed by atoms with Crippen LogP contribution in [-0.4, -0.2) is 47.1 Å². The van der Waals surface area contributed by atoms with Crippen molar-refractivity contribution in [1.82, 2.24) is 9.96 Å². The van der Waals surface area contributed by atoms with Crippen molar-refractivity contribution in [2.45, 2.75) is 24.9 Å². The third-order valence-corrected chi connectivity index (χ3v) is 4.54. The zero-order chi connectivity index (χ0) is 16.9. The summed E-state index contributed by atoms with van der Waals surface area (Å²) in [6, 6.07) is 2.36. The summed E-state index contributed by atoms with van der Waals surface area (Å²) < 4.78 is 26.3. The van der Waals surface area contributed by atoms with E-state index in [1.807, 2.05) is 0 Å². The van der Waals surface area contributed by atoms with Gasteiger partial charge in [-0.3, -0.25) is 9.63 Å². The van der Waals surface area contributed by atoms with E-state index in [2.05, 4.69) is 5.32 Å². The Hall–Kier alpha value is -2.22. The van der Waals surface area contributed by atoms with Crippen LogP contribution in [0.3, 0.4) is 0 Å². The van der Waals surface area contributed by atoms with Gasteiger partial charge in [-0.05, 0) is 30.9 Å². The SMILES string of the molecule is O=C(Nc1cc(F)cc(F)c1)N1CC2(CC(=O)N(CC3CC3)O2)C1. The van der Waals surface area contributed by atoms with E-state index in [0.717, 1.165) is 31.0 Å². The number of amides is 3. The van der Waals surface area contributed by atoms with Crippen molar-refractivity contribution in [2.75, 3.05) is 25.0 Å². The number of hydrogen-bond donors (Lipinski definition) is 1. The summed E-state index contributed by atoms with van der Waals surface area (Å²) >= 11 is 0. The zero-order valence-electron chi connectivity index (χ0n) is 12.9. The molecule has 1 aromatic rings. The molecule has 4 rings (SSSR count). The van der Waals surface area contributed by atoms with E-state index in [1.165, 1.54) is 9.96 Å². The third kappa shape index (κ3) is 2.93. The van der Waals surface area contributed by atoms with Gasteiger partial charge in [0.1, 0.15) is 17.2 Å². The number of hydroxylamine groups is 2. The van der Waals surface area contributed by atoms with Crippen molar-refractivity contribution in [2.24, 2.45) is 5.92 Å². The van der Waals surface area contributed by atoms with E-state index in [9.17, 15) is 18.4 Å². The van der Waals surface area contributed by atoms with Crippen molar-refractivity contribution in [1.29, 1.82) is 0 Å². The summed E-state index contributed by atoms with van der Waals surface area (Å²) in [4.78, 5) is 31.3. The highest BCUT2D eigenvalue weighted by Crippen LogP contribution is 2.39. The minimum Gasteiger partial charge on any atom is -0.318 e. The predicted molar refractivity (Wildman–Crippen MR) is 79.8 cm³/mol. The van der Waals surface area contributed by atoms with Crippen molar-refractivity contribution < 1.29 is 23.2 Å². The maximum Gasteiger partial charge on any atom is 0.322 e. The number of halogens is 2. The van der Waals surface area contributed by atoms with Gasteiger partial charge in [-0.25, -0.2) is 18.6 Å². The molecule has 8 heteroatoms. The molecule has 0 atom stereocenters. The van der Waals surface area contributed by atoms with Crippen LogP contribution >= 0.6 is 0 Å². The summed E-state index contributed by atoms with van der Waals surface area (Å²) in [6.07, 6.45) is 2.51. The van der Waals surface area contributed by atoms with Gasteiger partial charge in [-0.1, -0.05) is 0 Å². The third-order valence-electron chi connectivity index (χ3n) is 4.54. The number of likely N-dealkylation sites (tertiary alicyclic amines) is 1. The van der Waals surface area contributed by atoms with Crippen LogP contribution in [0.5, 0.6) is 0 Å². The predicted octanol–water partition coefficient (Wildman–Crippen LogP) is 2.12. The number of nitrogens with zero attached hydrogens (tertiary/aromatic N) is 2. The van der Waals surface area contributed by atoms with Crippen LogP contribution in [-0.2, 0) is 9.63 Å². The molecule has 24 heavy (non-hydrogen) atoms. The van der Waals surface area contributed by atoms with Gasteiger partial charge in [0, 0.05) is 11.8 Å². The van der Waals surface area contributed by atoms with Crippen LogP contribution < -0.4 is 5.32 Å². The molecule has 2 saturated heterocycles. The molecule has 0 radical (unpaired) electrons. The highest BCUT2D eigenvalue weighted by Gasteiger charge is 2.55. The number of nitrogens with one attached hydrogen (secondary N) is 1. The number of rotatable bonds is 3. The first-order valence-electron chi connectivity index (χ1n) is 7.94. The van der Waals surface area contributed by atoms with Crippen molar-refractivity contribution in [3.8, 4) is 0 Å². The Morgan fingerprint density at radius 1 is 1.25 bits per heavy atom. The fraction of sp³-hybridized carbons (Fsp3) is 0.500. The average Bonchev–Trinajstić information content (AvgIpc) is 3.19. The van der Waals surface area contributed by atoms with Gasteiger partial charge in [-0.15, -0.1) is 0 Å². The Morgan fingerprint density at radius 2 is 1.92 bits per heavy atom. The molecular weight excluding hydrogens is 320 g/mol. The van der Waals surface area contributed by atoms with Gasteiger partial charge in [0.05, 0.1) is 26.1 Å². The fourth-order valence-corrected chi connectivity index (χ4v) is 3.15. The lowest BCUT2D eigenvalue weighted by Gasteiger charge is -2.45. The molecular formula is C16H17F2N3O3. The average molecular weight is 337 g/mol. The molecule has 2 heterocycles. The van der Waals surface area contributed by atoms with Gasteiger partial charge in [0.15, 0.2) is 0 Å². The van der Waals surface area contributed by atoms with Crippen LogP contribution in [0.2, 0.25) is 0 Å². The maximum absolute atomic E-state index is 13.1. The van der Waals surface area contributed by atoms with Gasteiger partial charge in [0.2, 0.25) is 5.91 Å². The lowest BCUT2D eigenvalue weighted by molar-refractivity contribution is -0.229. The van der Waals surface area contributed by atoms with E-state index < -0.39 is 23.3 Å². The standard InChI is InChI=1S/C16H17F2N3O3/c17-11-3-12(18)5-13(4-11)19-15(23)20-8-16(9-20)6-14(22)21(24-16)7-10-1-2-10/h3-5,10H,1-2,6-9H2,(H,19,23). The topological polar surface area (TPSA) is 61.9 Å². The highest BCUT2D eigenvalue weighted by molar-refractivity contribution is 5.90. The van der Waals surface area contributed by atoms with Gasteiger partial charge >= 0.3 is 6.03 Å². The summed E-state index contributed by atoms with van der Waals surface area (Å²) in [5.41, 5.74) is -0.589. The lowest BCUT2D eigenvalue weighted by atomic mass is 9.91. The van der Waals surface area contributed by atoms with E-state index in [-0.39, 0.29) is 31.1 Å². The quantitative estimate of drug-likeness (QED) is 0.919. The summed E-state index contributed by atoms with van der Waals surface area (Å²) in [7, 11) is 0. The van der Waals surface area contributed by atoms with Gasteiger partial charge < -0.3 is 10.2 Å². The lowest BCUT2D eigenvalue weighted by Crippen LogP contribution is -2.64. The highest BCUT2D eigenvalue weighted by atomic mass is 19.1. The van der Waals surface area contributed by atoms with E-state index >= 15 is 0 Å². The molecule has 1 aliphatic carbocycles. The molecule has 0 unspecified atom stereocenters. The van der Waals surface area contributed by atoms with E-state index in [4.69, 9.17) is 4.84 Å². The first-order chi connectivity index (χ1) is 11.4.